The van der Waals surface area contributed by atoms with Gasteiger partial charge in [-0.3, -0.25) is 9.69 Å². The number of piperidine rings is 1. The number of ether oxygens (including phenoxy) is 1. The van der Waals surface area contributed by atoms with E-state index in [0.29, 0.717) is 30.4 Å². The van der Waals surface area contributed by atoms with Crippen molar-refractivity contribution in [3.8, 4) is 17.0 Å². The van der Waals surface area contributed by atoms with Crippen LogP contribution in [0.25, 0.3) is 11.3 Å². The van der Waals surface area contributed by atoms with E-state index in [0.717, 1.165) is 16.1 Å². The zero-order valence-corrected chi connectivity index (χ0v) is 18.9. The smallest absolute Gasteiger partial charge is 0.240 e. The van der Waals surface area contributed by atoms with Crippen LogP contribution in [0.4, 0.5) is 9.52 Å². The van der Waals surface area contributed by atoms with Gasteiger partial charge in [-0.25, -0.2) is 9.37 Å². The van der Waals surface area contributed by atoms with Crippen LogP contribution in [0.3, 0.4) is 0 Å². The molecule has 0 saturated carbocycles. The van der Waals surface area contributed by atoms with Crippen molar-refractivity contribution in [3.05, 3.63) is 65.3 Å². The number of aryl methyl sites for hydroxylation is 1. The lowest BCUT2D eigenvalue weighted by Crippen LogP contribution is -2.57. The van der Waals surface area contributed by atoms with Gasteiger partial charge >= 0.3 is 0 Å². The third-order valence-corrected chi connectivity index (χ3v) is 6.47. The first-order chi connectivity index (χ1) is 15.3. The number of hydrogen-bond donors (Lipinski definition) is 2. The second kappa shape index (κ2) is 9.36. The van der Waals surface area contributed by atoms with Crippen LogP contribution in [0.2, 0.25) is 0 Å². The van der Waals surface area contributed by atoms with E-state index >= 15 is 0 Å². The summed E-state index contributed by atoms with van der Waals surface area (Å²) in [5, 5.41) is 14.2. The molecule has 168 valence electrons. The van der Waals surface area contributed by atoms with Crippen molar-refractivity contribution in [3.63, 3.8) is 0 Å². The van der Waals surface area contributed by atoms with Gasteiger partial charge in [-0.2, -0.15) is 0 Å². The number of anilines is 1. The summed E-state index contributed by atoms with van der Waals surface area (Å²) in [6, 6.07) is 15.7. The van der Waals surface area contributed by atoms with Crippen molar-refractivity contribution in [1.82, 2.24) is 9.88 Å². The highest BCUT2D eigenvalue weighted by Crippen LogP contribution is 2.30. The van der Waals surface area contributed by atoms with Crippen LogP contribution in [0.1, 0.15) is 18.2 Å². The fraction of sp³-hybridized carbons (Fsp3) is 0.333. The highest BCUT2D eigenvalue weighted by molar-refractivity contribution is 7.16. The van der Waals surface area contributed by atoms with Gasteiger partial charge in [0, 0.05) is 29.6 Å². The zero-order valence-electron chi connectivity index (χ0n) is 18.0. The average Bonchev–Trinajstić information content (AvgIpc) is 3.11. The number of carbonyl (C=O) groups is 1. The number of hydrogen-bond acceptors (Lipinski definition) is 6. The predicted octanol–water partition coefficient (Wildman–Crippen LogP) is 4.10. The molecule has 1 aliphatic rings. The molecule has 4 rings (SSSR count). The number of thiazole rings is 1. The summed E-state index contributed by atoms with van der Waals surface area (Å²) in [4.78, 5) is 20.2. The van der Waals surface area contributed by atoms with E-state index in [1.807, 2.05) is 42.2 Å². The molecule has 1 aliphatic heterocycles. The Labute approximate surface area is 190 Å². The minimum atomic E-state index is -1.07. The van der Waals surface area contributed by atoms with Crippen LogP contribution in [0.15, 0.2) is 54.6 Å². The van der Waals surface area contributed by atoms with Crippen LogP contribution in [-0.4, -0.2) is 52.2 Å². The molecule has 0 unspecified atom stereocenters. The van der Waals surface area contributed by atoms with E-state index in [9.17, 15) is 14.3 Å². The summed E-state index contributed by atoms with van der Waals surface area (Å²) in [6.07, 6.45) is -0.146. The van der Waals surface area contributed by atoms with Crippen molar-refractivity contribution < 1.29 is 19.0 Å². The maximum Gasteiger partial charge on any atom is 0.240 e. The quantitative estimate of drug-likeness (QED) is 0.585. The van der Waals surface area contributed by atoms with Crippen molar-refractivity contribution in [2.24, 2.45) is 0 Å². The summed E-state index contributed by atoms with van der Waals surface area (Å²) in [6.45, 7) is 4.74. The van der Waals surface area contributed by atoms with Crippen LogP contribution >= 0.6 is 11.3 Å². The monoisotopic (exact) mass is 455 g/mol. The van der Waals surface area contributed by atoms with Gasteiger partial charge in [0.05, 0.1) is 12.2 Å². The molecule has 2 aromatic carbocycles. The van der Waals surface area contributed by atoms with Crippen molar-refractivity contribution in [1.29, 1.82) is 0 Å². The minimum absolute atomic E-state index is 0.151. The molecule has 0 aliphatic carbocycles. The van der Waals surface area contributed by atoms with Crippen molar-refractivity contribution in [2.45, 2.75) is 32.0 Å². The number of likely N-dealkylation sites (tertiary alicyclic amines) is 1. The summed E-state index contributed by atoms with van der Waals surface area (Å²) in [5.41, 5.74) is 0.803. The third-order valence-electron chi connectivity index (χ3n) is 5.58. The van der Waals surface area contributed by atoms with Crippen molar-refractivity contribution in [2.75, 3.05) is 25.0 Å². The molecule has 0 spiro atoms. The second-order valence-corrected chi connectivity index (χ2v) is 9.45. The molecule has 2 N–H and O–H groups in total. The van der Waals surface area contributed by atoms with E-state index in [1.54, 1.807) is 19.1 Å². The topological polar surface area (TPSA) is 74.7 Å². The third kappa shape index (κ3) is 5.32. The molecule has 8 heteroatoms. The molecule has 0 radical (unpaired) electrons. The Morgan fingerprint density at radius 1 is 1.31 bits per heavy atom. The standard InChI is InChI=1S/C24H26FN3O3S/c1-16-22(17-7-4-3-5-8-17)27-23(32-16)26-21(29)15-28-12-11-24(2,30)20(14-28)31-19-10-6-9-18(25)13-19/h3-10,13,20,30H,11-12,14-15H2,1-2H3,(H,26,27,29)/t20-,24-/m0/s1. The highest BCUT2D eigenvalue weighted by Gasteiger charge is 2.40. The van der Waals surface area contributed by atoms with Gasteiger partial charge in [-0.05, 0) is 32.4 Å². The average molecular weight is 456 g/mol. The van der Waals surface area contributed by atoms with Gasteiger partial charge in [0.15, 0.2) is 5.13 Å². The Balaban J connectivity index is 1.38. The maximum atomic E-state index is 13.5. The molecular weight excluding hydrogens is 429 g/mol. The van der Waals surface area contributed by atoms with Gasteiger partial charge in [-0.1, -0.05) is 36.4 Å². The lowest BCUT2D eigenvalue weighted by Gasteiger charge is -2.42. The van der Waals surface area contributed by atoms with E-state index in [-0.39, 0.29) is 12.5 Å². The van der Waals surface area contributed by atoms with Crippen molar-refractivity contribution >= 4 is 22.4 Å². The van der Waals surface area contributed by atoms with Crippen LogP contribution in [0, 0.1) is 12.7 Å². The van der Waals surface area contributed by atoms with Crippen LogP contribution in [0.5, 0.6) is 5.75 Å². The van der Waals surface area contributed by atoms with Gasteiger partial charge in [0.25, 0.3) is 0 Å². The summed E-state index contributed by atoms with van der Waals surface area (Å²) < 4.78 is 19.4. The number of aromatic nitrogens is 1. The number of nitrogens with zero attached hydrogens (tertiary/aromatic N) is 2. The first-order valence-corrected chi connectivity index (χ1v) is 11.3. The minimum Gasteiger partial charge on any atom is -0.486 e. The molecule has 2 atom stereocenters. The second-order valence-electron chi connectivity index (χ2n) is 8.24. The number of benzene rings is 2. The lowest BCUT2D eigenvalue weighted by atomic mass is 9.90. The van der Waals surface area contributed by atoms with E-state index in [4.69, 9.17) is 4.74 Å². The molecule has 0 bridgehead atoms. The van der Waals surface area contributed by atoms with Gasteiger partial charge in [0.1, 0.15) is 23.3 Å². The number of aliphatic hydroxyl groups is 1. The Kier molecular flexibility index (Phi) is 6.55. The molecular formula is C24H26FN3O3S. The van der Waals surface area contributed by atoms with Gasteiger partial charge in [0.2, 0.25) is 5.91 Å². The molecule has 1 fully saturated rings. The molecule has 2 heterocycles. The Bertz CT molecular complexity index is 1090. The maximum absolute atomic E-state index is 13.5. The summed E-state index contributed by atoms with van der Waals surface area (Å²) in [5.74, 6) is -0.222. The lowest BCUT2D eigenvalue weighted by molar-refractivity contribution is -0.122. The largest absolute Gasteiger partial charge is 0.486 e. The molecule has 3 aromatic rings. The highest BCUT2D eigenvalue weighted by atomic mass is 32.1. The fourth-order valence-corrected chi connectivity index (χ4v) is 4.61. The number of amides is 1. The Morgan fingerprint density at radius 2 is 2.09 bits per heavy atom. The van der Waals surface area contributed by atoms with Gasteiger partial charge in [-0.15, -0.1) is 11.3 Å². The zero-order chi connectivity index (χ0) is 22.7. The molecule has 6 nitrogen and oxygen atoms in total. The predicted molar refractivity (Wildman–Crippen MR) is 123 cm³/mol. The van der Waals surface area contributed by atoms with Crippen LogP contribution < -0.4 is 10.1 Å². The van der Waals surface area contributed by atoms with E-state index in [1.165, 1.54) is 23.5 Å². The normalized spacial score (nSPS) is 21.3. The van der Waals surface area contributed by atoms with E-state index < -0.39 is 17.5 Å². The number of carbonyl (C=O) groups excluding carboxylic acids is 1. The first kappa shape index (κ1) is 22.4. The van der Waals surface area contributed by atoms with Gasteiger partial charge < -0.3 is 15.2 Å². The number of rotatable bonds is 6. The molecule has 32 heavy (non-hydrogen) atoms. The van der Waals surface area contributed by atoms with E-state index in [2.05, 4.69) is 10.3 Å². The summed E-state index contributed by atoms with van der Waals surface area (Å²) >= 11 is 1.44. The molecule has 1 amide bonds. The Hall–Kier alpha value is -2.81. The Morgan fingerprint density at radius 3 is 2.84 bits per heavy atom. The summed E-state index contributed by atoms with van der Waals surface area (Å²) in [7, 11) is 0. The SMILES string of the molecule is Cc1sc(NC(=O)CN2CC[C@](C)(O)[C@@H](Oc3cccc(F)c3)C2)nc1-c1ccccc1. The molecule has 1 aromatic heterocycles. The first-order valence-electron chi connectivity index (χ1n) is 10.5. The number of nitrogens with one attached hydrogen (secondary N) is 1. The fourth-order valence-electron chi connectivity index (χ4n) is 3.76. The van der Waals surface area contributed by atoms with Crippen LogP contribution in [-0.2, 0) is 4.79 Å². The number of halogens is 1. The molecule has 1 saturated heterocycles.